The molecule has 1 aliphatic rings. The van der Waals surface area contributed by atoms with Gasteiger partial charge in [0.15, 0.2) is 5.82 Å². The zero-order valence-electron chi connectivity index (χ0n) is 12.1. The average Bonchev–Trinajstić information content (AvgIpc) is 3.21. The lowest BCUT2D eigenvalue weighted by atomic mass is 10.0. The van der Waals surface area contributed by atoms with Gasteiger partial charge in [-0.25, -0.2) is 4.98 Å². The predicted octanol–water partition coefficient (Wildman–Crippen LogP) is 3.23. The number of benzene rings is 1. The van der Waals surface area contributed by atoms with Gasteiger partial charge in [-0.05, 0) is 37.8 Å². The van der Waals surface area contributed by atoms with Crippen molar-refractivity contribution in [2.75, 3.05) is 0 Å². The molecule has 0 spiro atoms. The third-order valence-corrected chi connectivity index (χ3v) is 4.34. The van der Waals surface area contributed by atoms with E-state index in [1.54, 1.807) is 25.1 Å². The Kier molecular flexibility index (Phi) is 4.36. The minimum atomic E-state index is -0.159. The van der Waals surface area contributed by atoms with Gasteiger partial charge in [0.2, 0.25) is 5.91 Å². The SMILES string of the molecule is Cc1nc(CC(=O)NC(c2c(Cl)cccc2Cl)C2CC2)n[nH]1. The molecule has 5 nitrogen and oxygen atoms in total. The molecule has 1 saturated carbocycles. The van der Waals surface area contributed by atoms with E-state index in [1.807, 2.05) is 0 Å². The Morgan fingerprint density at radius 3 is 2.64 bits per heavy atom. The van der Waals surface area contributed by atoms with Gasteiger partial charge >= 0.3 is 0 Å². The summed E-state index contributed by atoms with van der Waals surface area (Å²) in [6.07, 6.45) is 2.26. The maximum atomic E-state index is 12.3. The fourth-order valence-electron chi connectivity index (χ4n) is 2.50. The third-order valence-electron chi connectivity index (χ3n) is 3.68. The molecule has 2 N–H and O–H groups in total. The number of H-pyrrole nitrogens is 1. The molecule has 0 saturated heterocycles. The molecule has 2 aromatic rings. The monoisotopic (exact) mass is 338 g/mol. The fraction of sp³-hybridized carbons (Fsp3) is 0.400. The van der Waals surface area contributed by atoms with E-state index in [2.05, 4.69) is 20.5 Å². The summed E-state index contributed by atoms with van der Waals surface area (Å²) < 4.78 is 0. The summed E-state index contributed by atoms with van der Waals surface area (Å²) in [5.41, 5.74) is 0.799. The van der Waals surface area contributed by atoms with Gasteiger partial charge in [0.1, 0.15) is 5.82 Å². The number of nitrogens with one attached hydrogen (secondary N) is 2. The molecule has 1 aromatic carbocycles. The Hall–Kier alpha value is -1.59. The van der Waals surface area contributed by atoms with Crippen molar-refractivity contribution in [3.8, 4) is 0 Å². The quantitative estimate of drug-likeness (QED) is 0.879. The molecule has 1 aromatic heterocycles. The van der Waals surface area contributed by atoms with Crippen LogP contribution in [0.5, 0.6) is 0 Å². The van der Waals surface area contributed by atoms with Crippen LogP contribution in [0.25, 0.3) is 0 Å². The summed E-state index contributed by atoms with van der Waals surface area (Å²) in [6.45, 7) is 1.80. The molecule has 0 bridgehead atoms. The molecule has 116 valence electrons. The number of hydrogen-bond donors (Lipinski definition) is 2. The molecule has 1 aliphatic carbocycles. The number of nitrogens with zero attached hydrogens (tertiary/aromatic N) is 2. The second kappa shape index (κ2) is 6.26. The lowest BCUT2D eigenvalue weighted by Crippen LogP contribution is -2.31. The normalized spacial score (nSPS) is 15.6. The topological polar surface area (TPSA) is 70.7 Å². The number of aromatic nitrogens is 3. The first-order valence-corrected chi connectivity index (χ1v) is 7.91. The highest BCUT2D eigenvalue weighted by molar-refractivity contribution is 6.36. The fourth-order valence-corrected chi connectivity index (χ4v) is 3.13. The van der Waals surface area contributed by atoms with E-state index >= 15 is 0 Å². The molecule has 1 fully saturated rings. The Bertz CT molecular complexity index is 676. The third kappa shape index (κ3) is 3.42. The Balaban J connectivity index is 1.76. The van der Waals surface area contributed by atoms with E-state index in [9.17, 15) is 4.79 Å². The Morgan fingerprint density at radius 2 is 2.09 bits per heavy atom. The molecule has 0 aliphatic heterocycles. The van der Waals surface area contributed by atoms with Crippen molar-refractivity contribution in [2.24, 2.45) is 5.92 Å². The number of rotatable bonds is 5. The minimum absolute atomic E-state index is 0.133. The van der Waals surface area contributed by atoms with Crippen molar-refractivity contribution in [1.29, 1.82) is 0 Å². The highest BCUT2D eigenvalue weighted by Gasteiger charge is 2.35. The predicted molar refractivity (Wildman–Crippen MR) is 84.9 cm³/mol. The minimum Gasteiger partial charge on any atom is -0.349 e. The molecule has 1 atom stereocenters. The van der Waals surface area contributed by atoms with Crippen LogP contribution in [0.2, 0.25) is 10.0 Å². The van der Waals surface area contributed by atoms with Crippen LogP contribution in [-0.4, -0.2) is 21.1 Å². The number of aromatic amines is 1. The molecular formula is C15H16Cl2N4O. The molecule has 0 radical (unpaired) electrons. The van der Waals surface area contributed by atoms with Gasteiger partial charge in [-0.3, -0.25) is 9.89 Å². The van der Waals surface area contributed by atoms with Crippen LogP contribution in [0.1, 0.15) is 36.1 Å². The lowest BCUT2D eigenvalue weighted by Gasteiger charge is -2.21. The molecule has 22 heavy (non-hydrogen) atoms. The van der Waals surface area contributed by atoms with E-state index in [4.69, 9.17) is 23.2 Å². The molecule has 1 amide bonds. The number of halogens is 2. The standard InChI is InChI=1S/C15H16Cl2N4O/c1-8-18-12(21-20-8)7-13(22)19-15(9-5-6-9)14-10(16)3-2-4-11(14)17/h2-4,9,15H,5-7H2,1H3,(H,19,22)(H,18,20,21). The first-order chi connectivity index (χ1) is 10.5. The van der Waals surface area contributed by atoms with Crippen molar-refractivity contribution in [3.63, 3.8) is 0 Å². The number of carbonyl (C=O) groups is 1. The van der Waals surface area contributed by atoms with Crippen LogP contribution in [0, 0.1) is 12.8 Å². The number of hydrogen-bond acceptors (Lipinski definition) is 3. The van der Waals surface area contributed by atoms with E-state index in [-0.39, 0.29) is 18.4 Å². The van der Waals surface area contributed by atoms with Crippen molar-refractivity contribution in [1.82, 2.24) is 20.5 Å². The summed E-state index contributed by atoms with van der Waals surface area (Å²) >= 11 is 12.6. The average molecular weight is 339 g/mol. The zero-order chi connectivity index (χ0) is 15.7. The van der Waals surface area contributed by atoms with Crippen LogP contribution in [0.4, 0.5) is 0 Å². The molecule has 1 unspecified atom stereocenters. The largest absolute Gasteiger partial charge is 0.349 e. The highest BCUT2D eigenvalue weighted by Crippen LogP contribution is 2.45. The smallest absolute Gasteiger partial charge is 0.228 e. The van der Waals surface area contributed by atoms with Gasteiger partial charge in [-0.15, -0.1) is 0 Å². The van der Waals surface area contributed by atoms with Crippen LogP contribution < -0.4 is 5.32 Å². The summed E-state index contributed by atoms with van der Waals surface area (Å²) in [7, 11) is 0. The Labute approximate surface area is 138 Å². The van der Waals surface area contributed by atoms with Crippen LogP contribution in [0.15, 0.2) is 18.2 Å². The van der Waals surface area contributed by atoms with Gasteiger partial charge in [0.05, 0.1) is 12.5 Å². The number of aryl methyl sites for hydroxylation is 1. The number of amides is 1. The molecule has 7 heteroatoms. The number of carbonyl (C=O) groups excluding carboxylic acids is 1. The van der Waals surface area contributed by atoms with Gasteiger partial charge in [0.25, 0.3) is 0 Å². The van der Waals surface area contributed by atoms with Gasteiger partial charge < -0.3 is 5.32 Å². The van der Waals surface area contributed by atoms with Crippen molar-refractivity contribution < 1.29 is 4.79 Å². The molecule has 3 rings (SSSR count). The van der Waals surface area contributed by atoms with Crippen molar-refractivity contribution in [2.45, 2.75) is 32.2 Å². The van der Waals surface area contributed by atoms with Crippen molar-refractivity contribution >= 4 is 29.1 Å². The van der Waals surface area contributed by atoms with E-state index in [0.29, 0.717) is 27.6 Å². The lowest BCUT2D eigenvalue weighted by molar-refractivity contribution is -0.121. The maximum Gasteiger partial charge on any atom is 0.228 e. The van der Waals surface area contributed by atoms with Crippen LogP contribution in [-0.2, 0) is 11.2 Å². The molecular weight excluding hydrogens is 323 g/mol. The zero-order valence-corrected chi connectivity index (χ0v) is 13.6. The van der Waals surface area contributed by atoms with Crippen LogP contribution >= 0.6 is 23.2 Å². The van der Waals surface area contributed by atoms with Crippen LogP contribution in [0.3, 0.4) is 0 Å². The van der Waals surface area contributed by atoms with E-state index < -0.39 is 0 Å². The van der Waals surface area contributed by atoms with E-state index in [1.165, 1.54) is 0 Å². The first-order valence-electron chi connectivity index (χ1n) is 7.15. The first kappa shape index (κ1) is 15.3. The highest BCUT2D eigenvalue weighted by atomic mass is 35.5. The van der Waals surface area contributed by atoms with Crippen molar-refractivity contribution in [3.05, 3.63) is 45.5 Å². The summed E-state index contributed by atoms with van der Waals surface area (Å²) in [5, 5.41) is 10.9. The summed E-state index contributed by atoms with van der Waals surface area (Å²) in [4.78, 5) is 16.4. The van der Waals surface area contributed by atoms with Gasteiger partial charge in [-0.2, -0.15) is 5.10 Å². The molecule has 1 heterocycles. The summed E-state index contributed by atoms with van der Waals surface area (Å²) in [6, 6.07) is 5.23. The maximum absolute atomic E-state index is 12.3. The second-order valence-electron chi connectivity index (χ2n) is 5.53. The summed E-state index contributed by atoms with van der Waals surface area (Å²) in [5.74, 6) is 1.42. The van der Waals surface area contributed by atoms with Gasteiger partial charge in [-0.1, -0.05) is 29.3 Å². The van der Waals surface area contributed by atoms with E-state index in [0.717, 1.165) is 18.4 Å². The van der Waals surface area contributed by atoms with Gasteiger partial charge in [0, 0.05) is 15.6 Å². The second-order valence-corrected chi connectivity index (χ2v) is 6.35. The Morgan fingerprint density at radius 1 is 1.41 bits per heavy atom.